The molecule has 0 aliphatic heterocycles. The van der Waals surface area contributed by atoms with Crippen LogP contribution in [0.25, 0.3) is 0 Å². The number of ketones is 1. The number of nitrogens with zero attached hydrogens (tertiary/aromatic N) is 2. The summed E-state index contributed by atoms with van der Waals surface area (Å²) in [7, 11) is -3.98. The average molecular weight is 427 g/mol. The lowest BCUT2D eigenvalue weighted by Crippen LogP contribution is -2.13. The Bertz CT molecular complexity index is 1160. The topological polar surface area (TPSA) is 75.9 Å². The van der Waals surface area contributed by atoms with Crippen LogP contribution >= 0.6 is 11.6 Å². The molecule has 0 radical (unpaired) electrons. The largest absolute Gasteiger partial charge is 0.289 e. The SMILES string of the molecule is CC1=CC(=N/C(=N/S(=O)(=O)c2ccc(C)cc2)c2ccc(Cl)cc2)C=C(C)C1=O. The zero-order chi connectivity index (χ0) is 21.2. The standard InChI is InChI=1S/C22H19ClN2O3S/c1-14-4-10-20(11-5-14)29(27,28)25-22(17-6-8-18(23)9-7-17)24-19-12-15(2)21(26)16(3)13-19/h4-13H,1-3H3/b25-22+. The number of benzene rings is 2. The number of hydrogen-bond donors (Lipinski definition) is 0. The smallest absolute Gasteiger partial charge is 0.284 e. The molecule has 7 heteroatoms. The Morgan fingerprint density at radius 3 is 1.97 bits per heavy atom. The number of carbonyl (C=O) groups is 1. The van der Waals surface area contributed by atoms with E-state index in [4.69, 9.17) is 11.6 Å². The van der Waals surface area contributed by atoms with Gasteiger partial charge in [-0.25, -0.2) is 4.99 Å². The third kappa shape index (κ3) is 4.96. The molecule has 2 aromatic rings. The van der Waals surface area contributed by atoms with Gasteiger partial charge in [0.15, 0.2) is 11.6 Å². The Kier molecular flexibility index (Phi) is 5.96. The van der Waals surface area contributed by atoms with E-state index in [2.05, 4.69) is 9.39 Å². The van der Waals surface area contributed by atoms with E-state index in [1.54, 1.807) is 62.4 Å². The lowest BCUT2D eigenvalue weighted by atomic mass is 9.98. The van der Waals surface area contributed by atoms with Crippen molar-refractivity contribution in [3.8, 4) is 0 Å². The van der Waals surface area contributed by atoms with Crippen molar-refractivity contribution in [1.82, 2.24) is 0 Å². The van der Waals surface area contributed by atoms with Gasteiger partial charge in [0, 0.05) is 10.6 Å². The number of hydrogen-bond acceptors (Lipinski definition) is 3. The molecule has 0 saturated heterocycles. The molecule has 0 saturated carbocycles. The van der Waals surface area contributed by atoms with Gasteiger partial charge in [0.2, 0.25) is 0 Å². The van der Waals surface area contributed by atoms with E-state index >= 15 is 0 Å². The molecule has 0 aromatic heterocycles. The van der Waals surface area contributed by atoms with Crippen molar-refractivity contribution in [1.29, 1.82) is 0 Å². The quantitative estimate of drug-likeness (QED) is 0.405. The first-order valence-corrected chi connectivity index (χ1v) is 10.6. The molecule has 0 bridgehead atoms. The number of amidine groups is 1. The number of allylic oxidation sites excluding steroid dienone is 4. The van der Waals surface area contributed by atoms with E-state index in [0.717, 1.165) is 5.56 Å². The summed E-state index contributed by atoms with van der Waals surface area (Å²) in [5.41, 5.74) is 2.94. The minimum Gasteiger partial charge on any atom is -0.289 e. The van der Waals surface area contributed by atoms with Crippen molar-refractivity contribution in [2.24, 2.45) is 9.39 Å². The molecule has 1 aliphatic rings. The van der Waals surface area contributed by atoms with Crippen LogP contribution in [-0.4, -0.2) is 25.7 Å². The van der Waals surface area contributed by atoms with E-state index < -0.39 is 10.0 Å². The Morgan fingerprint density at radius 2 is 1.41 bits per heavy atom. The first kappa shape index (κ1) is 20.9. The van der Waals surface area contributed by atoms with E-state index in [-0.39, 0.29) is 16.5 Å². The zero-order valence-corrected chi connectivity index (χ0v) is 17.8. The van der Waals surface area contributed by atoms with Gasteiger partial charge in [0.05, 0.1) is 10.6 Å². The highest BCUT2D eigenvalue weighted by Crippen LogP contribution is 2.19. The van der Waals surface area contributed by atoms with Crippen molar-refractivity contribution in [2.75, 3.05) is 0 Å². The molecule has 0 unspecified atom stereocenters. The summed E-state index contributed by atoms with van der Waals surface area (Å²) in [6.07, 6.45) is 3.22. The van der Waals surface area contributed by atoms with E-state index in [9.17, 15) is 13.2 Å². The third-order valence-corrected chi connectivity index (χ3v) is 5.84. The molecule has 0 amide bonds. The van der Waals surface area contributed by atoms with Crippen LogP contribution in [-0.2, 0) is 14.8 Å². The molecule has 0 atom stereocenters. The molecule has 0 fully saturated rings. The third-order valence-electron chi connectivity index (χ3n) is 4.31. The highest BCUT2D eigenvalue weighted by atomic mass is 35.5. The summed E-state index contributed by atoms with van der Waals surface area (Å²) >= 11 is 5.96. The Morgan fingerprint density at radius 1 is 0.862 bits per heavy atom. The minimum absolute atomic E-state index is 0.0136. The van der Waals surface area contributed by atoms with Crippen LogP contribution in [0.1, 0.15) is 25.0 Å². The van der Waals surface area contributed by atoms with Gasteiger partial charge in [-0.15, -0.1) is 4.40 Å². The molecule has 5 nitrogen and oxygen atoms in total. The van der Waals surface area contributed by atoms with Crippen molar-refractivity contribution >= 4 is 39.0 Å². The summed E-state index contributed by atoms with van der Waals surface area (Å²) in [6.45, 7) is 5.26. The van der Waals surface area contributed by atoms with Gasteiger partial charge in [-0.2, -0.15) is 8.42 Å². The monoisotopic (exact) mass is 426 g/mol. The van der Waals surface area contributed by atoms with Gasteiger partial charge in [0.25, 0.3) is 10.0 Å². The molecule has 0 spiro atoms. The highest BCUT2D eigenvalue weighted by Gasteiger charge is 2.18. The molecule has 148 valence electrons. The molecule has 2 aromatic carbocycles. The zero-order valence-electron chi connectivity index (χ0n) is 16.2. The maximum atomic E-state index is 12.8. The fourth-order valence-electron chi connectivity index (χ4n) is 2.73. The molecule has 0 heterocycles. The second-order valence-electron chi connectivity index (χ2n) is 6.73. The summed E-state index contributed by atoms with van der Waals surface area (Å²) in [5.74, 6) is -0.0547. The van der Waals surface area contributed by atoms with Crippen LogP contribution in [0.3, 0.4) is 0 Å². The van der Waals surface area contributed by atoms with Crippen LogP contribution in [0.4, 0.5) is 0 Å². The summed E-state index contributed by atoms with van der Waals surface area (Å²) in [5, 5.41) is 0.511. The Labute approximate surface area is 175 Å². The van der Waals surface area contributed by atoms with Gasteiger partial charge in [-0.1, -0.05) is 29.3 Å². The van der Waals surface area contributed by atoms with Crippen LogP contribution in [0, 0.1) is 6.92 Å². The number of rotatable bonds is 3. The number of sulfonamides is 1. The number of Topliss-reactive ketones (excluding diaryl/α,β-unsaturated/α-hetero) is 1. The minimum atomic E-state index is -3.98. The highest BCUT2D eigenvalue weighted by molar-refractivity contribution is 7.90. The van der Waals surface area contributed by atoms with Gasteiger partial charge in [-0.05, 0) is 80.5 Å². The molecule has 0 N–H and O–H groups in total. The van der Waals surface area contributed by atoms with Gasteiger partial charge in [0.1, 0.15) is 0 Å². The molecular formula is C22H19ClN2O3S. The molecule has 29 heavy (non-hydrogen) atoms. The maximum Gasteiger partial charge on any atom is 0.284 e. The van der Waals surface area contributed by atoms with Crippen LogP contribution < -0.4 is 0 Å². The fraction of sp³-hybridized carbons (Fsp3) is 0.136. The van der Waals surface area contributed by atoms with E-state index in [0.29, 0.717) is 27.4 Å². The summed E-state index contributed by atoms with van der Waals surface area (Å²) < 4.78 is 29.7. The fourth-order valence-corrected chi connectivity index (χ4v) is 3.81. The predicted molar refractivity (Wildman–Crippen MR) is 116 cm³/mol. The summed E-state index contributed by atoms with van der Waals surface area (Å²) in [6, 6.07) is 13.0. The first-order chi connectivity index (χ1) is 13.7. The van der Waals surface area contributed by atoms with Crippen molar-refractivity contribution in [3.05, 3.63) is 88.0 Å². The lowest BCUT2D eigenvalue weighted by Gasteiger charge is -2.10. The number of aliphatic imine (C=N–C) groups is 1. The van der Waals surface area contributed by atoms with Crippen LogP contribution in [0.15, 0.2) is 86.1 Å². The molecule has 1 aliphatic carbocycles. The van der Waals surface area contributed by atoms with Crippen molar-refractivity contribution in [3.63, 3.8) is 0 Å². The van der Waals surface area contributed by atoms with E-state index in [1.165, 1.54) is 12.1 Å². The number of halogens is 1. The Hall–Kier alpha value is -2.83. The number of aryl methyl sites for hydroxylation is 1. The Balaban J connectivity index is 2.15. The summed E-state index contributed by atoms with van der Waals surface area (Å²) in [4.78, 5) is 16.5. The van der Waals surface area contributed by atoms with Crippen molar-refractivity contribution in [2.45, 2.75) is 25.7 Å². The van der Waals surface area contributed by atoms with Gasteiger partial charge >= 0.3 is 0 Å². The van der Waals surface area contributed by atoms with Crippen LogP contribution in [0.2, 0.25) is 5.02 Å². The second kappa shape index (κ2) is 8.27. The maximum absolute atomic E-state index is 12.8. The first-order valence-electron chi connectivity index (χ1n) is 8.83. The molecular weight excluding hydrogens is 408 g/mol. The normalized spacial score (nSPS) is 15.1. The second-order valence-corrected chi connectivity index (χ2v) is 8.77. The number of carbonyl (C=O) groups excluding carboxylic acids is 1. The van der Waals surface area contributed by atoms with Crippen molar-refractivity contribution < 1.29 is 13.2 Å². The van der Waals surface area contributed by atoms with Gasteiger partial charge in [-0.3, -0.25) is 4.79 Å². The van der Waals surface area contributed by atoms with E-state index in [1.807, 2.05) is 6.92 Å². The average Bonchev–Trinajstić information content (AvgIpc) is 2.66. The predicted octanol–water partition coefficient (Wildman–Crippen LogP) is 4.70. The lowest BCUT2D eigenvalue weighted by molar-refractivity contribution is -0.112. The van der Waals surface area contributed by atoms with Crippen LogP contribution in [0.5, 0.6) is 0 Å². The molecule has 3 rings (SSSR count). The van der Waals surface area contributed by atoms with Gasteiger partial charge < -0.3 is 0 Å².